The molecule has 0 spiro atoms. The fraction of sp³-hybridized carbons (Fsp3) is 0.375. The van der Waals surface area contributed by atoms with Gasteiger partial charge in [-0.1, -0.05) is 12.1 Å². The SMILES string of the molecule is C[C@@]12CCC(=O)N1c1ccccc1C(=O)N2CCC(=O)N[C@@H]1CCSc2ccc(F)cc21. The number of rotatable bonds is 4. The number of amides is 3. The normalized spacial score (nSPS) is 24.1. The van der Waals surface area contributed by atoms with Gasteiger partial charge in [-0.3, -0.25) is 19.3 Å². The molecule has 0 saturated carbocycles. The van der Waals surface area contributed by atoms with Crippen LogP contribution in [0.4, 0.5) is 10.1 Å². The fourth-order valence-electron chi connectivity index (χ4n) is 5.04. The van der Waals surface area contributed by atoms with E-state index in [9.17, 15) is 18.8 Å². The summed E-state index contributed by atoms with van der Waals surface area (Å²) >= 11 is 1.66. The molecule has 0 radical (unpaired) electrons. The van der Waals surface area contributed by atoms with Gasteiger partial charge in [-0.2, -0.15) is 0 Å². The Bertz CT molecular complexity index is 1120. The second kappa shape index (κ2) is 7.92. The fourth-order valence-corrected chi connectivity index (χ4v) is 6.14. The molecule has 1 fully saturated rings. The molecule has 6 nitrogen and oxygen atoms in total. The first-order chi connectivity index (χ1) is 15.4. The molecule has 2 aromatic carbocycles. The number of nitrogens with one attached hydrogen (secondary N) is 1. The zero-order valence-electron chi connectivity index (χ0n) is 17.8. The summed E-state index contributed by atoms with van der Waals surface area (Å²) in [7, 11) is 0. The van der Waals surface area contributed by atoms with Crippen molar-refractivity contribution in [1.82, 2.24) is 10.2 Å². The summed E-state index contributed by atoms with van der Waals surface area (Å²) in [6, 6.07) is 11.6. The number of benzene rings is 2. The van der Waals surface area contributed by atoms with Crippen LogP contribution in [0.3, 0.4) is 0 Å². The van der Waals surface area contributed by atoms with Gasteiger partial charge in [0.15, 0.2) is 0 Å². The summed E-state index contributed by atoms with van der Waals surface area (Å²) in [6.45, 7) is 2.10. The van der Waals surface area contributed by atoms with E-state index in [1.165, 1.54) is 12.1 Å². The van der Waals surface area contributed by atoms with Crippen molar-refractivity contribution in [1.29, 1.82) is 0 Å². The molecule has 0 unspecified atom stereocenters. The molecule has 2 atom stereocenters. The highest BCUT2D eigenvalue weighted by Crippen LogP contribution is 2.44. The smallest absolute Gasteiger partial charge is 0.257 e. The first-order valence-corrected chi connectivity index (χ1v) is 11.8. The van der Waals surface area contributed by atoms with Crippen molar-refractivity contribution < 1.29 is 18.8 Å². The van der Waals surface area contributed by atoms with Gasteiger partial charge < -0.3 is 10.2 Å². The Hall–Kier alpha value is -2.87. The maximum Gasteiger partial charge on any atom is 0.257 e. The number of thioether (sulfide) groups is 1. The Morgan fingerprint density at radius 1 is 1.25 bits per heavy atom. The van der Waals surface area contributed by atoms with Crippen LogP contribution in [0, 0.1) is 5.82 Å². The molecule has 0 aliphatic carbocycles. The van der Waals surface area contributed by atoms with Crippen LogP contribution in [0.25, 0.3) is 0 Å². The number of carbonyl (C=O) groups excluding carboxylic acids is 3. The molecule has 32 heavy (non-hydrogen) atoms. The van der Waals surface area contributed by atoms with Crippen molar-refractivity contribution in [2.24, 2.45) is 0 Å². The standard InChI is InChI=1S/C24H24FN3O3S/c1-24-11-8-22(30)28(24)19-5-3-2-4-16(19)23(31)27(24)12-9-21(29)26-18-10-13-32-20-7-6-15(25)14-17(18)20/h2-7,14,18H,8-13H2,1H3,(H,26,29)/t18-,24+/m1/s1. The van der Waals surface area contributed by atoms with Crippen LogP contribution in [0.1, 0.15) is 54.6 Å². The second-order valence-electron chi connectivity index (χ2n) is 8.61. The Morgan fingerprint density at radius 3 is 2.91 bits per heavy atom. The number of nitrogens with zero attached hydrogens (tertiary/aromatic N) is 2. The number of carbonyl (C=O) groups is 3. The third-order valence-electron chi connectivity index (χ3n) is 6.65. The number of halogens is 1. The number of para-hydroxylation sites is 1. The molecule has 3 amide bonds. The van der Waals surface area contributed by atoms with Gasteiger partial charge in [-0.05, 0) is 55.7 Å². The van der Waals surface area contributed by atoms with Crippen molar-refractivity contribution in [3.63, 3.8) is 0 Å². The third-order valence-corrected chi connectivity index (χ3v) is 7.78. The zero-order chi connectivity index (χ0) is 22.5. The van der Waals surface area contributed by atoms with Gasteiger partial charge in [0.05, 0.1) is 17.3 Å². The van der Waals surface area contributed by atoms with Crippen molar-refractivity contribution in [2.45, 2.75) is 49.2 Å². The Labute approximate surface area is 190 Å². The molecule has 0 bridgehead atoms. The quantitative estimate of drug-likeness (QED) is 0.763. The highest BCUT2D eigenvalue weighted by molar-refractivity contribution is 7.99. The van der Waals surface area contributed by atoms with Crippen LogP contribution in [0.5, 0.6) is 0 Å². The highest BCUT2D eigenvalue weighted by atomic mass is 32.2. The van der Waals surface area contributed by atoms with E-state index in [1.54, 1.807) is 45.8 Å². The summed E-state index contributed by atoms with van der Waals surface area (Å²) in [5.41, 5.74) is 1.15. The van der Waals surface area contributed by atoms with E-state index in [0.717, 1.165) is 22.6 Å². The summed E-state index contributed by atoms with van der Waals surface area (Å²) < 4.78 is 13.8. The first kappa shape index (κ1) is 21.0. The number of anilines is 1. The van der Waals surface area contributed by atoms with E-state index in [1.807, 2.05) is 13.0 Å². The maximum absolute atomic E-state index is 13.8. The number of hydrogen-bond donors (Lipinski definition) is 1. The number of fused-ring (bicyclic) bond motifs is 4. The number of hydrogen-bond acceptors (Lipinski definition) is 4. The van der Waals surface area contributed by atoms with Gasteiger partial charge in [0.2, 0.25) is 11.8 Å². The predicted octanol–water partition coefficient (Wildman–Crippen LogP) is 3.87. The van der Waals surface area contributed by atoms with Gasteiger partial charge in [-0.25, -0.2) is 4.39 Å². The van der Waals surface area contributed by atoms with E-state index in [0.29, 0.717) is 24.1 Å². The molecule has 8 heteroatoms. The second-order valence-corrected chi connectivity index (χ2v) is 9.75. The minimum absolute atomic E-state index is 0.0137. The van der Waals surface area contributed by atoms with Gasteiger partial charge >= 0.3 is 0 Å². The minimum atomic E-state index is -0.778. The molecular formula is C24H24FN3O3S. The molecule has 3 aliphatic heterocycles. The lowest BCUT2D eigenvalue weighted by Gasteiger charge is -2.48. The monoisotopic (exact) mass is 453 g/mol. The lowest BCUT2D eigenvalue weighted by atomic mass is 9.98. The van der Waals surface area contributed by atoms with Crippen LogP contribution >= 0.6 is 11.8 Å². The molecule has 1 saturated heterocycles. The largest absolute Gasteiger partial charge is 0.349 e. The molecule has 3 heterocycles. The van der Waals surface area contributed by atoms with E-state index in [2.05, 4.69) is 5.32 Å². The van der Waals surface area contributed by atoms with Gasteiger partial charge in [0.1, 0.15) is 11.5 Å². The highest BCUT2D eigenvalue weighted by Gasteiger charge is 2.52. The predicted molar refractivity (Wildman–Crippen MR) is 120 cm³/mol. The average molecular weight is 454 g/mol. The van der Waals surface area contributed by atoms with Crippen molar-refractivity contribution in [3.8, 4) is 0 Å². The van der Waals surface area contributed by atoms with E-state index >= 15 is 0 Å². The molecule has 0 aromatic heterocycles. The van der Waals surface area contributed by atoms with Crippen LogP contribution in [-0.2, 0) is 9.59 Å². The molecular weight excluding hydrogens is 429 g/mol. The lowest BCUT2D eigenvalue weighted by Crippen LogP contribution is -2.62. The van der Waals surface area contributed by atoms with E-state index < -0.39 is 5.66 Å². The van der Waals surface area contributed by atoms with Crippen molar-refractivity contribution in [2.75, 3.05) is 17.2 Å². The van der Waals surface area contributed by atoms with Crippen LogP contribution in [-0.4, -0.2) is 40.6 Å². The lowest BCUT2D eigenvalue weighted by molar-refractivity contribution is -0.122. The van der Waals surface area contributed by atoms with Crippen LogP contribution in [0.2, 0.25) is 0 Å². The van der Waals surface area contributed by atoms with Gasteiger partial charge in [-0.15, -0.1) is 11.8 Å². The van der Waals surface area contributed by atoms with Crippen LogP contribution in [0.15, 0.2) is 47.4 Å². The molecule has 5 rings (SSSR count). The first-order valence-electron chi connectivity index (χ1n) is 10.8. The van der Waals surface area contributed by atoms with Crippen LogP contribution < -0.4 is 10.2 Å². The average Bonchev–Trinajstić information content (AvgIpc) is 3.09. The Balaban J connectivity index is 1.33. The molecule has 166 valence electrons. The topological polar surface area (TPSA) is 69.7 Å². The van der Waals surface area contributed by atoms with Crippen molar-refractivity contribution in [3.05, 3.63) is 59.4 Å². The molecule has 1 N–H and O–H groups in total. The van der Waals surface area contributed by atoms with E-state index in [4.69, 9.17) is 0 Å². The maximum atomic E-state index is 13.8. The minimum Gasteiger partial charge on any atom is -0.349 e. The van der Waals surface area contributed by atoms with Gasteiger partial charge in [0, 0.05) is 30.0 Å². The zero-order valence-corrected chi connectivity index (χ0v) is 18.6. The van der Waals surface area contributed by atoms with E-state index in [-0.39, 0.29) is 42.5 Å². The Kier molecular flexibility index (Phi) is 5.20. The third kappa shape index (κ3) is 3.37. The van der Waals surface area contributed by atoms with Crippen molar-refractivity contribution >= 4 is 35.2 Å². The molecule has 2 aromatic rings. The van der Waals surface area contributed by atoms with Gasteiger partial charge in [0.25, 0.3) is 5.91 Å². The summed E-state index contributed by atoms with van der Waals surface area (Å²) in [4.78, 5) is 43.1. The summed E-state index contributed by atoms with van der Waals surface area (Å²) in [5, 5.41) is 3.02. The summed E-state index contributed by atoms with van der Waals surface area (Å²) in [5.74, 6) is 0.161. The molecule has 3 aliphatic rings. The summed E-state index contributed by atoms with van der Waals surface area (Å²) in [6.07, 6.45) is 1.73. The Morgan fingerprint density at radius 2 is 2.06 bits per heavy atom.